The topological polar surface area (TPSA) is 64.7 Å². The molecule has 3 saturated heterocycles. The molecule has 0 bridgehead atoms. The second-order valence-electron chi connectivity index (χ2n) is 7.06. The summed E-state index contributed by atoms with van der Waals surface area (Å²) in [7, 11) is 0. The molecule has 4 rings (SSSR count). The number of hydrogen-bond donors (Lipinski definition) is 2. The van der Waals surface area contributed by atoms with Gasteiger partial charge in [-0.1, -0.05) is 6.07 Å². The Labute approximate surface area is 146 Å². The van der Waals surface area contributed by atoms with Crippen molar-refractivity contribution < 1.29 is 14.0 Å². The Kier molecular flexibility index (Phi) is 4.43. The molecule has 134 valence electrons. The molecule has 1 unspecified atom stereocenters. The molecule has 3 aliphatic heterocycles. The molecule has 3 aliphatic rings. The highest BCUT2D eigenvalue weighted by Crippen LogP contribution is 2.31. The number of benzene rings is 1. The third-order valence-electron chi connectivity index (χ3n) is 5.48. The van der Waals surface area contributed by atoms with Crippen LogP contribution in [0.4, 0.5) is 10.1 Å². The standard InChI is InChI=1S/C18H23FN4O2/c19-15-9-12(14-2-4-17(24)21-18(14)25)1-3-16(15)23-10-13(11-23)22-7-5-20-6-8-22/h1,3,9,13-14,20H,2,4-8,10-11H2,(H,21,24,25). The molecule has 3 fully saturated rings. The first-order chi connectivity index (χ1) is 12.1. The fraction of sp³-hybridized carbons (Fsp3) is 0.556. The van der Waals surface area contributed by atoms with Crippen LogP contribution in [0.15, 0.2) is 18.2 Å². The number of piperazine rings is 1. The summed E-state index contributed by atoms with van der Waals surface area (Å²) in [6, 6.07) is 5.53. The van der Waals surface area contributed by atoms with Crippen molar-refractivity contribution in [3.05, 3.63) is 29.6 Å². The lowest BCUT2D eigenvalue weighted by Crippen LogP contribution is -2.63. The second-order valence-corrected chi connectivity index (χ2v) is 7.06. The quantitative estimate of drug-likeness (QED) is 0.778. The number of piperidine rings is 1. The van der Waals surface area contributed by atoms with Crippen LogP contribution in [0, 0.1) is 5.82 Å². The highest BCUT2D eigenvalue weighted by atomic mass is 19.1. The fourth-order valence-corrected chi connectivity index (χ4v) is 3.94. The predicted octanol–water partition coefficient (Wildman–Crippen LogP) is 0.440. The maximum absolute atomic E-state index is 14.6. The van der Waals surface area contributed by atoms with Crippen LogP contribution < -0.4 is 15.5 Å². The average molecular weight is 346 g/mol. The molecular formula is C18H23FN4O2. The molecule has 3 heterocycles. The molecule has 0 saturated carbocycles. The minimum Gasteiger partial charge on any atom is -0.366 e. The number of nitrogens with one attached hydrogen (secondary N) is 2. The van der Waals surface area contributed by atoms with Crippen molar-refractivity contribution in [2.75, 3.05) is 44.2 Å². The molecule has 0 aliphatic carbocycles. The van der Waals surface area contributed by atoms with Crippen LogP contribution in [0.3, 0.4) is 0 Å². The summed E-state index contributed by atoms with van der Waals surface area (Å²) >= 11 is 0. The number of halogens is 1. The SMILES string of the molecule is O=C1CCC(c2ccc(N3CC(N4CCNCC4)C3)c(F)c2)C(=O)N1. The van der Waals surface area contributed by atoms with Gasteiger partial charge >= 0.3 is 0 Å². The van der Waals surface area contributed by atoms with Gasteiger partial charge in [0.25, 0.3) is 0 Å². The third kappa shape index (κ3) is 3.26. The zero-order valence-corrected chi connectivity index (χ0v) is 14.1. The zero-order valence-electron chi connectivity index (χ0n) is 14.1. The number of nitrogens with zero attached hydrogens (tertiary/aromatic N) is 2. The van der Waals surface area contributed by atoms with Crippen LogP contribution in [0.5, 0.6) is 0 Å². The summed E-state index contributed by atoms with van der Waals surface area (Å²) in [6.07, 6.45) is 0.747. The fourth-order valence-electron chi connectivity index (χ4n) is 3.94. The highest BCUT2D eigenvalue weighted by molar-refractivity contribution is 6.00. The highest BCUT2D eigenvalue weighted by Gasteiger charge is 2.34. The first-order valence-corrected chi connectivity index (χ1v) is 8.94. The van der Waals surface area contributed by atoms with Crippen molar-refractivity contribution in [1.29, 1.82) is 0 Å². The van der Waals surface area contributed by atoms with Crippen LogP contribution in [-0.2, 0) is 9.59 Å². The maximum atomic E-state index is 14.6. The van der Waals surface area contributed by atoms with E-state index in [1.54, 1.807) is 6.07 Å². The van der Waals surface area contributed by atoms with E-state index in [-0.39, 0.29) is 17.6 Å². The smallest absolute Gasteiger partial charge is 0.234 e. The number of carbonyl (C=O) groups is 2. The Bertz CT molecular complexity index is 684. The van der Waals surface area contributed by atoms with Crippen LogP contribution >= 0.6 is 0 Å². The first kappa shape index (κ1) is 16.5. The van der Waals surface area contributed by atoms with Gasteiger partial charge in [-0.25, -0.2) is 4.39 Å². The van der Waals surface area contributed by atoms with Crippen molar-refractivity contribution in [3.63, 3.8) is 0 Å². The Morgan fingerprint density at radius 2 is 1.88 bits per heavy atom. The van der Waals surface area contributed by atoms with E-state index in [2.05, 4.69) is 20.4 Å². The van der Waals surface area contributed by atoms with E-state index in [0.29, 0.717) is 30.1 Å². The van der Waals surface area contributed by atoms with E-state index >= 15 is 0 Å². The Balaban J connectivity index is 1.41. The summed E-state index contributed by atoms with van der Waals surface area (Å²) in [6.45, 7) is 5.82. The number of carbonyl (C=O) groups excluding carboxylic acids is 2. The first-order valence-electron chi connectivity index (χ1n) is 8.94. The number of rotatable bonds is 3. The Morgan fingerprint density at radius 1 is 1.12 bits per heavy atom. The van der Waals surface area contributed by atoms with Crippen molar-refractivity contribution in [2.24, 2.45) is 0 Å². The van der Waals surface area contributed by atoms with Gasteiger partial charge in [0, 0.05) is 51.7 Å². The van der Waals surface area contributed by atoms with E-state index in [1.165, 1.54) is 6.07 Å². The molecule has 2 amide bonds. The minimum atomic E-state index is -0.439. The van der Waals surface area contributed by atoms with Gasteiger partial charge in [0.15, 0.2) is 0 Å². The van der Waals surface area contributed by atoms with Crippen LogP contribution in [0.25, 0.3) is 0 Å². The molecular weight excluding hydrogens is 323 g/mol. The van der Waals surface area contributed by atoms with E-state index in [9.17, 15) is 14.0 Å². The number of anilines is 1. The second kappa shape index (κ2) is 6.72. The van der Waals surface area contributed by atoms with E-state index < -0.39 is 5.92 Å². The molecule has 7 heteroatoms. The summed E-state index contributed by atoms with van der Waals surface area (Å²) in [5.74, 6) is -1.31. The summed E-state index contributed by atoms with van der Waals surface area (Å²) < 4.78 is 14.6. The monoisotopic (exact) mass is 346 g/mol. The molecule has 0 spiro atoms. The number of hydrogen-bond acceptors (Lipinski definition) is 5. The van der Waals surface area contributed by atoms with E-state index in [0.717, 1.165) is 39.3 Å². The lowest BCUT2D eigenvalue weighted by molar-refractivity contribution is -0.134. The molecule has 25 heavy (non-hydrogen) atoms. The number of amides is 2. The van der Waals surface area contributed by atoms with Gasteiger partial charge in [-0.2, -0.15) is 0 Å². The molecule has 1 aromatic rings. The van der Waals surface area contributed by atoms with Gasteiger partial charge in [0.1, 0.15) is 5.82 Å². The number of imide groups is 1. The zero-order chi connectivity index (χ0) is 17.4. The van der Waals surface area contributed by atoms with Crippen molar-refractivity contribution in [3.8, 4) is 0 Å². The van der Waals surface area contributed by atoms with Crippen LogP contribution in [-0.4, -0.2) is 62.0 Å². The van der Waals surface area contributed by atoms with Crippen molar-refractivity contribution in [1.82, 2.24) is 15.5 Å². The lowest BCUT2D eigenvalue weighted by atomic mass is 9.90. The summed E-state index contributed by atoms with van der Waals surface area (Å²) in [5, 5.41) is 5.67. The molecule has 1 atom stereocenters. The largest absolute Gasteiger partial charge is 0.366 e. The molecule has 2 N–H and O–H groups in total. The molecule has 1 aromatic carbocycles. The van der Waals surface area contributed by atoms with Crippen LogP contribution in [0.1, 0.15) is 24.3 Å². The normalized spacial score (nSPS) is 25.6. The summed E-state index contributed by atoms with van der Waals surface area (Å²) in [4.78, 5) is 27.7. The molecule has 0 aromatic heterocycles. The third-order valence-corrected chi connectivity index (χ3v) is 5.48. The van der Waals surface area contributed by atoms with E-state index in [1.807, 2.05) is 6.07 Å². The van der Waals surface area contributed by atoms with Crippen LogP contribution in [0.2, 0.25) is 0 Å². The van der Waals surface area contributed by atoms with Gasteiger partial charge in [0.2, 0.25) is 11.8 Å². The van der Waals surface area contributed by atoms with E-state index in [4.69, 9.17) is 0 Å². The molecule has 0 radical (unpaired) electrons. The predicted molar refractivity (Wildman–Crippen MR) is 92.0 cm³/mol. The van der Waals surface area contributed by atoms with Crippen molar-refractivity contribution >= 4 is 17.5 Å². The van der Waals surface area contributed by atoms with Gasteiger partial charge in [0.05, 0.1) is 11.6 Å². The Morgan fingerprint density at radius 3 is 2.56 bits per heavy atom. The van der Waals surface area contributed by atoms with Crippen molar-refractivity contribution in [2.45, 2.75) is 24.8 Å². The van der Waals surface area contributed by atoms with Gasteiger partial charge in [-0.05, 0) is 24.1 Å². The lowest BCUT2D eigenvalue weighted by Gasteiger charge is -2.48. The summed E-state index contributed by atoms with van der Waals surface area (Å²) in [5.41, 5.74) is 1.24. The van der Waals surface area contributed by atoms with Gasteiger partial charge in [-0.3, -0.25) is 19.8 Å². The maximum Gasteiger partial charge on any atom is 0.234 e. The van der Waals surface area contributed by atoms with Gasteiger partial charge < -0.3 is 10.2 Å². The van der Waals surface area contributed by atoms with Gasteiger partial charge in [-0.15, -0.1) is 0 Å². The molecule has 6 nitrogen and oxygen atoms in total. The minimum absolute atomic E-state index is 0.252. The average Bonchev–Trinajstić information content (AvgIpc) is 2.56. The Hall–Kier alpha value is -1.99.